The van der Waals surface area contributed by atoms with Crippen molar-refractivity contribution in [2.75, 3.05) is 19.6 Å². The van der Waals surface area contributed by atoms with Crippen LogP contribution in [0.1, 0.15) is 123 Å². The Kier molecular flexibility index (Phi) is 33.2. The number of carbonyl (C=O) groups excluding carboxylic acids is 13. The van der Waals surface area contributed by atoms with E-state index < -0.39 is 181 Å². The predicted octanol–water partition coefficient (Wildman–Crippen LogP) is -4.57. The molecule has 3 rings (SSSR count). The molecule has 34 heteroatoms. The van der Waals surface area contributed by atoms with E-state index in [1.807, 2.05) is 0 Å². The zero-order valence-electron chi connectivity index (χ0n) is 54.2. The zero-order valence-corrected chi connectivity index (χ0v) is 54.2. The van der Waals surface area contributed by atoms with Crippen molar-refractivity contribution >= 4 is 88.7 Å². The molecule has 2 aromatic carbocycles. The van der Waals surface area contributed by atoms with Crippen molar-refractivity contribution < 1.29 is 72.5 Å². The maximum Gasteiger partial charge on any atom is 0.243 e. The van der Waals surface area contributed by atoms with Crippen LogP contribution in [0.15, 0.2) is 48.5 Å². The van der Waals surface area contributed by atoms with E-state index in [4.69, 9.17) is 39.5 Å². The molecule has 95 heavy (non-hydrogen) atoms. The molecule has 1 saturated heterocycles. The number of nitrogens with two attached hydrogens (primary N) is 5. The van der Waals surface area contributed by atoms with Gasteiger partial charge in [-0.1, -0.05) is 58.9 Å². The van der Waals surface area contributed by atoms with Crippen molar-refractivity contribution in [1.82, 2.24) is 63.8 Å². The van der Waals surface area contributed by atoms with E-state index in [-0.39, 0.29) is 101 Å². The minimum Gasteiger partial charge on any atom is -0.508 e. The minimum atomic E-state index is -1.84. The lowest BCUT2D eigenvalue weighted by atomic mass is 9.98. The molecular formula is C61H95N19O15. The van der Waals surface area contributed by atoms with Crippen LogP contribution in [0.5, 0.6) is 11.5 Å². The van der Waals surface area contributed by atoms with Crippen LogP contribution >= 0.6 is 0 Å². The van der Waals surface area contributed by atoms with Gasteiger partial charge in [0.2, 0.25) is 76.8 Å². The molecule has 1 heterocycles. The topological polar surface area (TPSA) is 585 Å². The molecule has 0 unspecified atom stereocenters. The SMILES string of the molecule is CC(C)C[C@@H]1NC(=O)[C@H](CC(N)=O)NC(=O)[C@@H](NC(=O)[C@@H](C)Cc2ccc(O)cc2)CCCCNC(=O)C[C@@H](C(=O)N[C@@H](CCCNC(=N)N)C(=O)N[C@@H](CCC(N)=O)C(=O)N[C@@H](CCCNC(=N)N)C(=O)N[C@@H](Cc2ccc(O)cc2)C(N)=O)NC(=O)[C@H](C(C)C)NC1=O. The molecule has 524 valence electrons. The molecule has 2 aromatic rings. The Balaban J connectivity index is 2.07. The summed E-state index contributed by atoms with van der Waals surface area (Å²) in [6.45, 7) is 8.02. The second-order valence-electron chi connectivity index (χ2n) is 24.1. The third-order valence-corrected chi connectivity index (χ3v) is 15.0. The van der Waals surface area contributed by atoms with Crippen LogP contribution in [0, 0.1) is 28.6 Å². The van der Waals surface area contributed by atoms with E-state index >= 15 is 0 Å². The van der Waals surface area contributed by atoms with Gasteiger partial charge in [0, 0.05) is 38.4 Å². The summed E-state index contributed by atoms with van der Waals surface area (Å²) in [5.41, 5.74) is 28.8. The van der Waals surface area contributed by atoms with Crippen molar-refractivity contribution in [2.45, 2.75) is 179 Å². The van der Waals surface area contributed by atoms with Gasteiger partial charge in [-0.2, -0.15) is 0 Å². The average Bonchev–Trinajstić information content (AvgIpc) is 0.898. The lowest BCUT2D eigenvalue weighted by Gasteiger charge is -2.29. The van der Waals surface area contributed by atoms with Gasteiger partial charge in [-0.15, -0.1) is 0 Å². The Morgan fingerprint density at radius 1 is 0.568 bits per heavy atom. The Hall–Kier alpha value is -10.3. The van der Waals surface area contributed by atoms with E-state index in [0.29, 0.717) is 11.1 Å². The van der Waals surface area contributed by atoms with Crippen molar-refractivity contribution in [3.05, 3.63) is 59.7 Å². The molecule has 0 spiro atoms. The summed E-state index contributed by atoms with van der Waals surface area (Å²) in [5, 5.41) is 65.5. The van der Waals surface area contributed by atoms with Gasteiger partial charge in [0.05, 0.1) is 12.8 Å². The maximum atomic E-state index is 14.7. The van der Waals surface area contributed by atoms with Crippen LogP contribution in [-0.4, -0.2) is 173 Å². The van der Waals surface area contributed by atoms with Gasteiger partial charge in [0.1, 0.15) is 65.9 Å². The first-order valence-electron chi connectivity index (χ1n) is 31.3. The van der Waals surface area contributed by atoms with Gasteiger partial charge < -0.3 is 103 Å². The van der Waals surface area contributed by atoms with Crippen LogP contribution < -0.4 is 92.5 Å². The molecule has 1 fully saturated rings. The first kappa shape index (κ1) is 78.9. The number of benzene rings is 2. The highest BCUT2D eigenvalue weighted by molar-refractivity contribution is 6.00. The van der Waals surface area contributed by atoms with Gasteiger partial charge in [-0.3, -0.25) is 73.1 Å². The van der Waals surface area contributed by atoms with Crippen LogP contribution in [-0.2, 0) is 75.2 Å². The number of amides is 13. The lowest BCUT2D eigenvalue weighted by Crippen LogP contribution is -2.62. The fourth-order valence-electron chi connectivity index (χ4n) is 9.87. The normalized spacial score (nSPS) is 19.1. The molecule has 13 amide bonds. The smallest absolute Gasteiger partial charge is 0.243 e. The lowest BCUT2D eigenvalue weighted by molar-refractivity contribution is -0.137. The fourth-order valence-corrected chi connectivity index (χ4v) is 9.87. The molecule has 1 aliphatic rings. The van der Waals surface area contributed by atoms with Crippen molar-refractivity contribution in [1.29, 1.82) is 10.8 Å². The van der Waals surface area contributed by atoms with Crippen molar-refractivity contribution in [2.24, 2.45) is 46.4 Å². The van der Waals surface area contributed by atoms with Crippen LogP contribution in [0.2, 0.25) is 0 Å². The fraction of sp³-hybridized carbons (Fsp3) is 0.557. The van der Waals surface area contributed by atoms with Crippen LogP contribution in [0.3, 0.4) is 0 Å². The first-order valence-corrected chi connectivity index (χ1v) is 31.3. The number of hydrogen-bond acceptors (Lipinski definition) is 17. The number of carbonyl (C=O) groups is 13. The number of phenolic OH excluding ortho intramolecular Hbond substituents is 2. The number of rotatable bonds is 31. The summed E-state index contributed by atoms with van der Waals surface area (Å²) in [5.74, 6) is -15.0. The van der Waals surface area contributed by atoms with Gasteiger partial charge in [0.15, 0.2) is 11.9 Å². The Morgan fingerprint density at radius 3 is 1.56 bits per heavy atom. The monoisotopic (exact) mass is 1330 g/mol. The molecule has 1 aliphatic heterocycles. The van der Waals surface area contributed by atoms with Gasteiger partial charge in [-0.25, -0.2) is 0 Å². The summed E-state index contributed by atoms with van der Waals surface area (Å²) < 4.78 is 0. The second kappa shape index (κ2) is 39.9. The van der Waals surface area contributed by atoms with E-state index in [0.717, 1.165) is 0 Å². The molecule has 0 radical (unpaired) electrons. The second-order valence-corrected chi connectivity index (χ2v) is 24.1. The molecule has 0 saturated carbocycles. The van der Waals surface area contributed by atoms with Gasteiger partial charge >= 0.3 is 0 Å². The quantitative estimate of drug-likeness (QED) is 0.0192. The summed E-state index contributed by atoms with van der Waals surface area (Å²) in [6, 6.07) is -2.12. The summed E-state index contributed by atoms with van der Waals surface area (Å²) in [6.07, 6.45) is -2.74. The Morgan fingerprint density at radius 2 is 1.06 bits per heavy atom. The zero-order chi connectivity index (χ0) is 71.1. The maximum absolute atomic E-state index is 14.7. The van der Waals surface area contributed by atoms with E-state index in [1.165, 1.54) is 36.4 Å². The van der Waals surface area contributed by atoms with Crippen molar-refractivity contribution in [3.8, 4) is 11.5 Å². The number of aromatic hydroxyl groups is 2. The van der Waals surface area contributed by atoms with Crippen molar-refractivity contribution in [3.63, 3.8) is 0 Å². The summed E-state index contributed by atoms with van der Waals surface area (Å²) in [7, 11) is 0. The Bertz CT molecular complexity index is 3020. The molecule has 0 aromatic heterocycles. The average molecular weight is 1330 g/mol. The molecular weight excluding hydrogens is 1240 g/mol. The predicted molar refractivity (Wildman–Crippen MR) is 346 cm³/mol. The number of primary amides is 3. The number of hydrogen-bond donors (Lipinski definition) is 21. The number of nitrogens with one attached hydrogen (secondary N) is 14. The van der Waals surface area contributed by atoms with Gasteiger partial charge in [-0.05, 0) is 111 Å². The molecule has 10 atom stereocenters. The standard InChI is InChI=1S/C61H95N19O15/c1-31(2)26-43-58(94)80-49(32(3)4)59(95)79-45(30-48(85)69-23-7-6-10-38(54(90)78-44(29-47(63)84)56(92)77-43)72-51(87)33(5)27-34-13-17-36(81)18-14-34)57(93)74-39(11-8-24-70-60(65)66)52(88)75-41(21-22-46(62)83)55(91)73-40(12-9-25-71-61(67)68)53(89)76-42(50(64)86)28-35-15-19-37(82)20-16-35/h13-20,31-33,38-45,49,81-82H,6-12,21-30H2,1-5H3,(H2,62,83)(H2,63,84)(H2,64,86)(H,69,85)(H,72,87)(H,73,91)(H,74,93)(H,75,88)(H,76,89)(H,77,92)(H,78,90)(H,79,95)(H,80,94)(H4,65,66,70)(H4,67,68,71)/t33-,38-,39-,40-,41-,42-,43-,44-,45-,49-/m0/s1. The third kappa shape index (κ3) is 29.9. The largest absolute Gasteiger partial charge is 0.508 e. The molecule has 0 aliphatic carbocycles. The molecule has 26 N–H and O–H groups in total. The van der Waals surface area contributed by atoms with Gasteiger partial charge in [0.25, 0.3) is 0 Å². The Labute approximate surface area is 550 Å². The van der Waals surface area contributed by atoms with E-state index in [1.54, 1.807) is 46.8 Å². The summed E-state index contributed by atoms with van der Waals surface area (Å²) >= 11 is 0. The minimum absolute atomic E-state index is 0.0101. The van der Waals surface area contributed by atoms with E-state index in [2.05, 4.69) is 63.8 Å². The third-order valence-electron chi connectivity index (χ3n) is 15.0. The highest BCUT2D eigenvalue weighted by Gasteiger charge is 2.38. The molecule has 34 nitrogen and oxygen atoms in total. The van der Waals surface area contributed by atoms with Crippen LogP contribution in [0.25, 0.3) is 0 Å². The van der Waals surface area contributed by atoms with E-state index in [9.17, 15) is 72.5 Å². The number of phenols is 2. The van der Waals surface area contributed by atoms with Crippen LogP contribution in [0.4, 0.5) is 0 Å². The highest BCUT2D eigenvalue weighted by Crippen LogP contribution is 2.17. The number of guanidine groups is 2. The highest BCUT2D eigenvalue weighted by atomic mass is 16.3. The summed E-state index contributed by atoms with van der Waals surface area (Å²) in [4.78, 5) is 180. The first-order chi connectivity index (χ1) is 44.7. The molecule has 0 bridgehead atoms.